The third-order valence-electron chi connectivity index (χ3n) is 4.14. The molecule has 1 amide bonds. The monoisotopic (exact) mass is 361 g/mol. The molecule has 2 heterocycles. The summed E-state index contributed by atoms with van der Waals surface area (Å²) in [6.07, 6.45) is 1.64. The van der Waals surface area contributed by atoms with Crippen molar-refractivity contribution in [1.29, 1.82) is 0 Å². The van der Waals surface area contributed by atoms with Crippen LogP contribution in [0.4, 0.5) is 5.69 Å². The Bertz CT molecular complexity index is 1240. The lowest BCUT2D eigenvalue weighted by Gasteiger charge is -2.09. The van der Waals surface area contributed by atoms with Gasteiger partial charge in [0.05, 0.1) is 16.5 Å². The molecule has 27 heavy (non-hydrogen) atoms. The topological polar surface area (TPSA) is 113 Å². The van der Waals surface area contributed by atoms with Gasteiger partial charge in [-0.2, -0.15) is 5.10 Å². The zero-order chi connectivity index (χ0) is 18.8. The largest absolute Gasteiger partial charge is 0.324 e. The number of anilines is 1. The van der Waals surface area contributed by atoms with Gasteiger partial charge >= 0.3 is 0 Å². The van der Waals surface area contributed by atoms with Crippen molar-refractivity contribution in [1.82, 2.24) is 20.0 Å². The Morgan fingerprint density at radius 3 is 2.63 bits per heavy atom. The molecule has 8 heteroatoms. The van der Waals surface area contributed by atoms with Gasteiger partial charge in [0.25, 0.3) is 11.1 Å². The van der Waals surface area contributed by atoms with Gasteiger partial charge in [0.2, 0.25) is 5.91 Å². The summed E-state index contributed by atoms with van der Waals surface area (Å²) in [6, 6.07) is 15.5. The van der Waals surface area contributed by atoms with Crippen molar-refractivity contribution in [2.75, 3.05) is 5.32 Å². The fourth-order valence-electron chi connectivity index (χ4n) is 2.88. The molecule has 0 atom stereocenters. The number of rotatable bonds is 4. The molecule has 0 spiro atoms. The summed E-state index contributed by atoms with van der Waals surface area (Å²) in [4.78, 5) is 37.0. The minimum atomic E-state index is -0.426. The molecule has 2 aromatic carbocycles. The minimum absolute atomic E-state index is 0.273. The molecule has 0 bridgehead atoms. The maximum atomic E-state index is 12.5. The van der Waals surface area contributed by atoms with Gasteiger partial charge in [-0.15, -0.1) is 0 Å². The standard InChI is InChI=1S/C19H15N5O3/c25-17(21-13-5-3-4-12(10-13)16-8-9-20-22-16)11-24-19(27)15-7-2-1-6-14(15)18(26)23-24/h1-10H,11H2,(H,20,22)(H,21,25)(H,23,26). The summed E-state index contributed by atoms with van der Waals surface area (Å²) in [5.41, 5.74) is 1.41. The number of hydrogen-bond acceptors (Lipinski definition) is 4. The Hall–Kier alpha value is -3.94. The molecule has 0 aliphatic rings. The summed E-state index contributed by atoms with van der Waals surface area (Å²) < 4.78 is 1.01. The summed E-state index contributed by atoms with van der Waals surface area (Å²) in [6.45, 7) is -0.298. The van der Waals surface area contributed by atoms with Crippen molar-refractivity contribution in [2.24, 2.45) is 0 Å². The van der Waals surface area contributed by atoms with Crippen molar-refractivity contribution in [2.45, 2.75) is 6.54 Å². The van der Waals surface area contributed by atoms with E-state index in [4.69, 9.17) is 0 Å². The van der Waals surface area contributed by atoms with Gasteiger partial charge in [-0.05, 0) is 30.3 Å². The molecule has 0 fully saturated rings. The van der Waals surface area contributed by atoms with E-state index in [0.717, 1.165) is 15.9 Å². The lowest BCUT2D eigenvalue weighted by Crippen LogP contribution is -2.34. The van der Waals surface area contributed by atoms with Crippen LogP contribution in [0.25, 0.3) is 22.0 Å². The van der Waals surface area contributed by atoms with E-state index >= 15 is 0 Å². The smallest absolute Gasteiger partial charge is 0.273 e. The average Bonchev–Trinajstić information content (AvgIpc) is 3.21. The van der Waals surface area contributed by atoms with Gasteiger partial charge in [-0.1, -0.05) is 24.3 Å². The predicted molar refractivity (Wildman–Crippen MR) is 101 cm³/mol. The van der Waals surface area contributed by atoms with Gasteiger partial charge < -0.3 is 5.32 Å². The molecule has 8 nitrogen and oxygen atoms in total. The highest BCUT2D eigenvalue weighted by Crippen LogP contribution is 2.20. The lowest BCUT2D eigenvalue weighted by atomic mass is 10.1. The van der Waals surface area contributed by atoms with Crippen LogP contribution in [0.5, 0.6) is 0 Å². The highest BCUT2D eigenvalue weighted by Gasteiger charge is 2.11. The van der Waals surface area contributed by atoms with E-state index in [-0.39, 0.29) is 11.9 Å². The number of aromatic nitrogens is 4. The van der Waals surface area contributed by atoms with Crippen LogP contribution in [0.2, 0.25) is 0 Å². The summed E-state index contributed by atoms with van der Waals surface area (Å²) in [7, 11) is 0. The second-order valence-electron chi connectivity index (χ2n) is 5.98. The number of hydrogen-bond donors (Lipinski definition) is 3. The molecular weight excluding hydrogens is 346 g/mol. The zero-order valence-electron chi connectivity index (χ0n) is 14.1. The lowest BCUT2D eigenvalue weighted by molar-refractivity contribution is -0.117. The number of aromatic amines is 2. The van der Waals surface area contributed by atoms with Gasteiger partial charge in [-0.3, -0.25) is 24.6 Å². The number of carbonyl (C=O) groups is 1. The summed E-state index contributed by atoms with van der Waals surface area (Å²) in [5, 5.41) is 12.5. The summed E-state index contributed by atoms with van der Waals surface area (Å²) >= 11 is 0. The second-order valence-corrected chi connectivity index (χ2v) is 5.98. The first kappa shape index (κ1) is 16.5. The van der Waals surface area contributed by atoms with E-state index in [0.29, 0.717) is 11.1 Å². The molecule has 0 radical (unpaired) electrons. The molecule has 0 saturated heterocycles. The Kier molecular flexibility index (Phi) is 4.13. The highest BCUT2D eigenvalue weighted by molar-refractivity contribution is 5.91. The van der Waals surface area contributed by atoms with Crippen molar-refractivity contribution in [3.63, 3.8) is 0 Å². The molecule has 4 rings (SSSR count). The fourth-order valence-corrected chi connectivity index (χ4v) is 2.88. The van der Waals surface area contributed by atoms with Crippen molar-refractivity contribution >= 4 is 22.4 Å². The molecule has 2 aromatic heterocycles. The molecule has 134 valence electrons. The Morgan fingerprint density at radius 2 is 1.85 bits per heavy atom. The van der Waals surface area contributed by atoms with Crippen LogP contribution in [0.1, 0.15) is 0 Å². The fraction of sp³-hybridized carbons (Fsp3) is 0.0526. The van der Waals surface area contributed by atoms with Crippen molar-refractivity contribution < 1.29 is 4.79 Å². The van der Waals surface area contributed by atoms with Crippen LogP contribution < -0.4 is 16.4 Å². The Balaban J connectivity index is 1.58. The van der Waals surface area contributed by atoms with Gasteiger partial charge in [0, 0.05) is 17.4 Å². The third-order valence-corrected chi connectivity index (χ3v) is 4.14. The van der Waals surface area contributed by atoms with E-state index in [1.54, 1.807) is 48.7 Å². The number of amides is 1. The maximum absolute atomic E-state index is 12.5. The van der Waals surface area contributed by atoms with Crippen LogP contribution in [-0.4, -0.2) is 25.9 Å². The van der Waals surface area contributed by atoms with Gasteiger partial charge in [0.15, 0.2) is 0 Å². The van der Waals surface area contributed by atoms with Gasteiger partial charge in [-0.25, -0.2) is 4.68 Å². The quantitative estimate of drug-likeness (QED) is 0.514. The first-order chi connectivity index (χ1) is 13.1. The normalized spacial score (nSPS) is 10.8. The van der Waals surface area contributed by atoms with Crippen molar-refractivity contribution in [3.05, 3.63) is 81.5 Å². The minimum Gasteiger partial charge on any atom is -0.324 e. The van der Waals surface area contributed by atoms with E-state index in [1.165, 1.54) is 0 Å². The molecule has 0 aliphatic carbocycles. The van der Waals surface area contributed by atoms with Crippen LogP contribution in [-0.2, 0) is 11.3 Å². The van der Waals surface area contributed by atoms with Gasteiger partial charge in [0.1, 0.15) is 6.54 Å². The number of nitrogens with one attached hydrogen (secondary N) is 3. The van der Waals surface area contributed by atoms with Crippen LogP contribution in [0, 0.1) is 0 Å². The molecule has 0 aliphatic heterocycles. The highest BCUT2D eigenvalue weighted by atomic mass is 16.2. The molecule has 0 unspecified atom stereocenters. The van der Waals surface area contributed by atoms with Crippen molar-refractivity contribution in [3.8, 4) is 11.3 Å². The number of nitrogens with zero attached hydrogens (tertiary/aromatic N) is 2. The van der Waals surface area contributed by atoms with Crippen LogP contribution >= 0.6 is 0 Å². The molecular formula is C19H15N5O3. The zero-order valence-corrected chi connectivity index (χ0v) is 14.1. The summed E-state index contributed by atoms with van der Waals surface area (Å²) in [5.74, 6) is -0.426. The van der Waals surface area contributed by atoms with E-state index in [9.17, 15) is 14.4 Å². The molecule has 4 aromatic rings. The molecule has 0 saturated carbocycles. The number of carbonyl (C=O) groups excluding carboxylic acids is 1. The number of fused-ring (bicyclic) bond motifs is 1. The van der Waals surface area contributed by atoms with Crippen LogP contribution in [0.15, 0.2) is 70.4 Å². The van der Waals surface area contributed by atoms with Crippen LogP contribution in [0.3, 0.4) is 0 Å². The third kappa shape index (κ3) is 3.28. The Morgan fingerprint density at radius 1 is 1.04 bits per heavy atom. The first-order valence-electron chi connectivity index (χ1n) is 8.23. The first-order valence-corrected chi connectivity index (χ1v) is 8.23. The average molecular weight is 361 g/mol. The van der Waals surface area contributed by atoms with E-state index < -0.39 is 17.0 Å². The second kappa shape index (κ2) is 6.75. The maximum Gasteiger partial charge on any atom is 0.273 e. The number of benzene rings is 2. The predicted octanol–water partition coefficient (Wildman–Crippen LogP) is 1.72. The van der Waals surface area contributed by atoms with E-state index in [2.05, 4.69) is 20.6 Å². The van der Waals surface area contributed by atoms with E-state index in [1.807, 2.05) is 12.1 Å². The SMILES string of the molecule is O=C(Cn1[nH]c(=O)c2ccccc2c1=O)Nc1cccc(-c2ccn[nH]2)c1. The number of H-pyrrole nitrogens is 2. The molecule has 3 N–H and O–H groups in total. The Labute approximate surface area is 152 Å².